The zero-order chi connectivity index (χ0) is 6.69. The van der Waals surface area contributed by atoms with Gasteiger partial charge in [-0.15, -0.1) is 5.92 Å². The Morgan fingerprint density at radius 3 is 2.44 bits per heavy atom. The SMILES string of the molecule is CC(C)C#CC1COC1. The molecule has 0 radical (unpaired) electrons. The van der Waals surface area contributed by atoms with Gasteiger partial charge in [0, 0.05) is 5.92 Å². The monoisotopic (exact) mass is 124 g/mol. The number of rotatable bonds is 0. The van der Waals surface area contributed by atoms with Crippen LogP contribution in [0.15, 0.2) is 0 Å². The van der Waals surface area contributed by atoms with Gasteiger partial charge in [0.25, 0.3) is 0 Å². The third-order valence-electron chi connectivity index (χ3n) is 1.21. The molecule has 0 bridgehead atoms. The van der Waals surface area contributed by atoms with Crippen molar-refractivity contribution in [2.45, 2.75) is 13.8 Å². The van der Waals surface area contributed by atoms with Crippen molar-refractivity contribution in [1.82, 2.24) is 0 Å². The van der Waals surface area contributed by atoms with Crippen LogP contribution in [-0.4, -0.2) is 13.2 Å². The molecule has 9 heavy (non-hydrogen) atoms. The lowest BCUT2D eigenvalue weighted by atomic mass is 10.1. The molecule has 1 nitrogen and oxygen atoms in total. The van der Waals surface area contributed by atoms with Gasteiger partial charge < -0.3 is 4.74 Å². The molecule has 1 aliphatic heterocycles. The Hall–Kier alpha value is -0.480. The molecular formula is C8H12O. The first-order valence-corrected chi connectivity index (χ1v) is 3.38. The smallest absolute Gasteiger partial charge is 0.0670 e. The summed E-state index contributed by atoms with van der Waals surface area (Å²) >= 11 is 0. The third-order valence-corrected chi connectivity index (χ3v) is 1.21. The molecule has 50 valence electrons. The summed E-state index contributed by atoms with van der Waals surface area (Å²) in [6, 6.07) is 0. The Morgan fingerprint density at radius 2 is 2.11 bits per heavy atom. The molecule has 1 saturated heterocycles. The van der Waals surface area contributed by atoms with E-state index in [-0.39, 0.29) is 0 Å². The fourth-order valence-electron chi connectivity index (χ4n) is 0.604. The van der Waals surface area contributed by atoms with E-state index in [0.717, 1.165) is 13.2 Å². The zero-order valence-electron chi connectivity index (χ0n) is 5.98. The second kappa shape index (κ2) is 2.89. The fraction of sp³-hybridized carbons (Fsp3) is 0.750. The van der Waals surface area contributed by atoms with Crippen molar-refractivity contribution in [3.63, 3.8) is 0 Å². The van der Waals surface area contributed by atoms with Gasteiger partial charge in [0.15, 0.2) is 0 Å². The summed E-state index contributed by atoms with van der Waals surface area (Å²) in [5.74, 6) is 7.30. The van der Waals surface area contributed by atoms with E-state index < -0.39 is 0 Å². The minimum absolute atomic E-state index is 0.505. The molecule has 0 amide bonds. The van der Waals surface area contributed by atoms with Crippen LogP contribution >= 0.6 is 0 Å². The first-order valence-electron chi connectivity index (χ1n) is 3.38. The molecule has 1 fully saturated rings. The predicted octanol–water partition coefficient (Wildman–Crippen LogP) is 1.29. The van der Waals surface area contributed by atoms with Gasteiger partial charge in [0.2, 0.25) is 0 Å². The highest BCUT2D eigenvalue weighted by Gasteiger charge is 2.14. The van der Waals surface area contributed by atoms with E-state index >= 15 is 0 Å². The number of ether oxygens (including phenoxy) is 1. The van der Waals surface area contributed by atoms with Crippen LogP contribution in [0.4, 0.5) is 0 Å². The van der Waals surface area contributed by atoms with Gasteiger partial charge in [-0.1, -0.05) is 19.8 Å². The standard InChI is InChI=1S/C8H12O/c1-7(2)3-4-8-5-9-6-8/h7-8H,5-6H2,1-2H3. The molecule has 0 N–H and O–H groups in total. The van der Waals surface area contributed by atoms with E-state index in [0.29, 0.717) is 11.8 Å². The van der Waals surface area contributed by atoms with Crippen molar-refractivity contribution in [3.05, 3.63) is 0 Å². The van der Waals surface area contributed by atoms with Crippen LogP contribution < -0.4 is 0 Å². The Labute approximate surface area is 56.4 Å². The normalized spacial score (nSPS) is 18.6. The molecule has 0 aromatic rings. The minimum Gasteiger partial charge on any atom is -0.379 e. The highest BCUT2D eigenvalue weighted by Crippen LogP contribution is 2.07. The summed E-state index contributed by atoms with van der Waals surface area (Å²) in [7, 11) is 0. The summed E-state index contributed by atoms with van der Waals surface area (Å²) in [6.07, 6.45) is 0. The molecular weight excluding hydrogens is 112 g/mol. The molecule has 1 heteroatoms. The molecule has 0 unspecified atom stereocenters. The second-order valence-corrected chi connectivity index (χ2v) is 2.68. The lowest BCUT2D eigenvalue weighted by Crippen LogP contribution is -2.25. The maximum absolute atomic E-state index is 4.96. The fourth-order valence-corrected chi connectivity index (χ4v) is 0.604. The van der Waals surface area contributed by atoms with Crippen LogP contribution in [0.5, 0.6) is 0 Å². The first-order chi connectivity index (χ1) is 4.29. The maximum atomic E-state index is 4.96. The molecule has 0 aliphatic carbocycles. The van der Waals surface area contributed by atoms with Gasteiger partial charge in [-0.3, -0.25) is 0 Å². The van der Waals surface area contributed by atoms with Crippen molar-refractivity contribution < 1.29 is 4.74 Å². The summed E-state index contributed by atoms with van der Waals surface area (Å²) < 4.78 is 4.96. The average Bonchev–Trinajstić information content (AvgIpc) is 1.60. The molecule has 1 rings (SSSR count). The molecule has 0 aromatic carbocycles. The highest BCUT2D eigenvalue weighted by molar-refractivity contribution is 5.07. The van der Waals surface area contributed by atoms with Crippen molar-refractivity contribution in [2.75, 3.05) is 13.2 Å². The Kier molecular flexibility index (Phi) is 2.13. The van der Waals surface area contributed by atoms with Gasteiger partial charge >= 0.3 is 0 Å². The Morgan fingerprint density at radius 1 is 1.44 bits per heavy atom. The summed E-state index contributed by atoms with van der Waals surface area (Å²) in [5, 5.41) is 0. The minimum atomic E-state index is 0.505. The first kappa shape index (κ1) is 6.64. The van der Waals surface area contributed by atoms with Crippen molar-refractivity contribution in [2.24, 2.45) is 11.8 Å². The van der Waals surface area contributed by atoms with E-state index in [4.69, 9.17) is 4.74 Å². The van der Waals surface area contributed by atoms with Crippen molar-refractivity contribution in [3.8, 4) is 11.8 Å². The number of hydrogen-bond acceptors (Lipinski definition) is 1. The van der Waals surface area contributed by atoms with Gasteiger partial charge in [-0.2, -0.15) is 0 Å². The molecule has 1 heterocycles. The average molecular weight is 124 g/mol. The van der Waals surface area contributed by atoms with Crippen LogP contribution in [0.3, 0.4) is 0 Å². The highest BCUT2D eigenvalue weighted by atomic mass is 16.5. The van der Waals surface area contributed by atoms with E-state index in [1.807, 2.05) is 0 Å². The largest absolute Gasteiger partial charge is 0.379 e. The van der Waals surface area contributed by atoms with Crippen LogP contribution in [-0.2, 0) is 4.74 Å². The molecule has 0 spiro atoms. The van der Waals surface area contributed by atoms with E-state index in [1.165, 1.54) is 0 Å². The van der Waals surface area contributed by atoms with E-state index in [1.54, 1.807) is 0 Å². The van der Waals surface area contributed by atoms with Crippen LogP contribution in [0, 0.1) is 23.7 Å². The lowest BCUT2D eigenvalue weighted by molar-refractivity contribution is -0.00308. The molecule has 0 saturated carbocycles. The Bertz CT molecular complexity index is 134. The maximum Gasteiger partial charge on any atom is 0.0670 e. The zero-order valence-corrected chi connectivity index (χ0v) is 5.98. The Balaban J connectivity index is 2.23. The quantitative estimate of drug-likeness (QED) is 0.442. The van der Waals surface area contributed by atoms with Gasteiger partial charge in [0.05, 0.1) is 19.1 Å². The van der Waals surface area contributed by atoms with Gasteiger partial charge in [0.1, 0.15) is 0 Å². The summed E-state index contributed by atoms with van der Waals surface area (Å²) in [4.78, 5) is 0. The van der Waals surface area contributed by atoms with E-state index in [9.17, 15) is 0 Å². The summed E-state index contributed by atoms with van der Waals surface area (Å²) in [6.45, 7) is 5.90. The molecule has 1 aliphatic rings. The number of hydrogen-bond donors (Lipinski definition) is 0. The van der Waals surface area contributed by atoms with E-state index in [2.05, 4.69) is 25.7 Å². The molecule has 0 atom stereocenters. The van der Waals surface area contributed by atoms with Gasteiger partial charge in [-0.05, 0) is 0 Å². The van der Waals surface area contributed by atoms with Crippen LogP contribution in [0.2, 0.25) is 0 Å². The van der Waals surface area contributed by atoms with Gasteiger partial charge in [-0.25, -0.2) is 0 Å². The van der Waals surface area contributed by atoms with Crippen LogP contribution in [0.1, 0.15) is 13.8 Å². The third kappa shape index (κ3) is 2.07. The predicted molar refractivity (Wildman–Crippen MR) is 36.9 cm³/mol. The topological polar surface area (TPSA) is 9.23 Å². The van der Waals surface area contributed by atoms with Crippen molar-refractivity contribution in [1.29, 1.82) is 0 Å². The van der Waals surface area contributed by atoms with Crippen LogP contribution in [0.25, 0.3) is 0 Å². The lowest BCUT2D eigenvalue weighted by Gasteiger charge is -2.20. The second-order valence-electron chi connectivity index (χ2n) is 2.68. The molecule has 0 aromatic heterocycles. The summed E-state index contributed by atoms with van der Waals surface area (Å²) in [5.41, 5.74) is 0. The van der Waals surface area contributed by atoms with Crippen molar-refractivity contribution >= 4 is 0 Å².